The molecule has 0 radical (unpaired) electrons. The highest BCUT2D eigenvalue weighted by Gasteiger charge is 2.42. The summed E-state index contributed by atoms with van der Waals surface area (Å²) in [6.45, 7) is 0.379. The Morgan fingerprint density at radius 2 is 1.94 bits per heavy atom. The molecule has 1 aromatic rings. The van der Waals surface area contributed by atoms with Crippen LogP contribution >= 0.6 is 23.2 Å². The Labute approximate surface area is 111 Å². The second-order valence-corrected chi connectivity index (χ2v) is 6.80. The van der Waals surface area contributed by atoms with Gasteiger partial charge in [-0.1, -0.05) is 23.7 Å². The minimum atomic E-state index is -3.53. The highest BCUT2D eigenvalue weighted by Crippen LogP contribution is 2.46. The van der Waals surface area contributed by atoms with E-state index >= 15 is 0 Å². The van der Waals surface area contributed by atoms with E-state index in [1.165, 1.54) is 6.07 Å². The summed E-state index contributed by atoms with van der Waals surface area (Å²) in [6.07, 6.45) is 1.95. The lowest BCUT2D eigenvalue weighted by Crippen LogP contribution is -2.31. The molecule has 1 fully saturated rings. The number of hydrogen-bond acceptors (Lipinski definition) is 2. The van der Waals surface area contributed by atoms with Gasteiger partial charge in [-0.3, -0.25) is 0 Å². The van der Waals surface area contributed by atoms with Crippen molar-refractivity contribution in [1.29, 1.82) is 0 Å². The Bertz CT molecular complexity index is 512. The summed E-state index contributed by atoms with van der Waals surface area (Å²) in [5.41, 5.74) is -0.0458. The smallest absolute Gasteiger partial charge is 0.211 e. The summed E-state index contributed by atoms with van der Waals surface area (Å²) in [7, 11) is -3.53. The minimum absolute atomic E-state index is 0.0458. The highest BCUT2D eigenvalue weighted by atomic mass is 35.5. The third-order valence-electron chi connectivity index (χ3n) is 3.00. The number of sulfonamides is 1. The van der Waals surface area contributed by atoms with E-state index < -0.39 is 10.0 Å². The first-order chi connectivity index (χ1) is 7.99. The van der Waals surface area contributed by atoms with Crippen LogP contribution in [0.4, 0.5) is 0 Å². The predicted molar refractivity (Wildman–Crippen MR) is 69.0 cm³/mol. The average molecular weight is 294 g/mol. The van der Waals surface area contributed by atoms with Crippen molar-refractivity contribution in [2.45, 2.75) is 17.7 Å². The van der Waals surface area contributed by atoms with Gasteiger partial charge in [-0.15, -0.1) is 11.6 Å². The van der Waals surface area contributed by atoms with Gasteiger partial charge in [0, 0.05) is 12.4 Å². The highest BCUT2D eigenvalue weighted by molar-refractivity contribution is 7.89. The van der Waals surface area contributed by atoms with E-state index in [2.05, 4.69) is 4.72 Å². The van der Waals surface area contributed by atoms with Crippen LogP contribution in [0.2, 0.25) is 5.02 Å². The fourth-order valence-corrected chi connectivity index (χ4v) is 3.56. The topological polar surface area (TPSA) is 46.2 Å². The molecule has 0 aliphatic heterocycles. The van der Waals surface area contributed by atoms with E-state index in [9.17, 15) is 8.42 Å². The van der Waals surface area contributed by atoms with Crippen molar-refractivity contribution >= 4 is 33.2 Å². The molecule has 0 heterocycles. The summed E-state index contributed by atoms with van der Waals surface area (Å²) >= 11 is 11.7. The summed E-state index contributed by atoms with van der Waals surface area (Å²) in [5, 5.41) is 0.232. The third-order valence-corrected chi connectivity index (χ3v) is 5.47. The standard InChI is InChI=1S/C11H13Cl2NO2S/c12-7-11(5-6-11)8-14-17(15,16)10-4-2-1-3-9(10)13/h1-4,14H,5-8H2. The lowest BCUT2D eigenvalue weighted by molar-refractivity contribution is 0.534. The third kappa shape index (κ3) is 2.94. The Balaban J connectivity index is 2.12. The number of alkyl halides is 1. The van der Waals surface area contributed by atoms with Crippen LogP contribution in [0.5, 0.6) is 0 Å². The number of halogens is 2. The largest absolute Gasteiger partial charge is 0.242 e. The SMILES string of the molecule is O=S(=O)(NCC1(CCl)CC1)c1ccccc1Cl. The number of benzene rings is 1. The molecule has 3 nitrogen and oxygen atoms in total. The van der Waals surface area contributed by atoms with Crippen molar-refractivity contribution in [3.05, 3.63) is 29.3 Å². The average Bonchev–Trinajstić information content (AvgIpc) is 3.08. The zero-order valence-electron chi connectivity index (χ0n) is 9.12. The van der Waals surface area contributed by atoms with Crippen molar-refractivity contribution in [2.75, 3.05) is 12.4 Å². The van der Waals surface area contributed by atoms with Crippen LogP contribution in [0.1, 0.15) is 12.8 Å². The molecular weight excluding hydrogens is 281 g/mol. The zero-order valence-corrected chi connectivity index (χ0v) is 11.4. The second-order valence-electron chi connectivity index (χ2n) is 4.39. The van der Waals surface area contributed by atoms with Gasteiger partial charge in [-0.05, 0) is 30.4 Å². The number of nitrogens with one attached hydrogen (secondary N) is 1. The van der Waals surface area contributed by atoms with E-state index in [0.717, 1.165) is 12.8 Å². The lowest BCUT2D eigenvalue weighted by atomic mass is 10.1. The molecular formula is C11H13Cl2NO2S. The van der Waals surface area contributed by atoms with Crippen LogP contribution in [0, 0.1) is 5.41 Å². The van der Waals surface area contributed by atoms with Crippen molar-refractivity contribution in [3.8, 4) is 0 Å². The summed E-state index contributed by atoms with van der Waals surface area (Å²) < 4.78 is 26.6. The Kier molecular flexibility index (Phi) is 3.69. The first-order valence-electron chi connectivity index (χ1n) is 5.29. The molecule has 94 valence electrons. The lowest BCUT2D eigenvalue weighted by Gasteiger charge is -2.13. The fraction of sp³-hybridized carbons (Fsp3) is 0.455. The molecule has 17 heavy (non-hydrogen) atoms. The van der Waals surface area contributed by atoms with Gasteiger partial charge in [0.05, 0.1) is 5.02 Å². The van der Waals surface area contributed by atoms with Crippen molar-refractivity contribution < 1.29 is 8.42 Å². The van der Waals surface area contributed by atoms with E-state index in [4.69, 9.17) is 23.2 Å². The maximum absolute atomic E-state index is 12.0. The molecule has 1 aromatic carbocycles. The monoisotopic (exact) mass is 293 g/mol. The van der Waals surface area contributed by atoms with Crippen LogP contribution in [-0.2, 0) is 10.0 Å². The Morgan fingerprint density at radius 3 is 2.47 bits per heavy atom. The van der Waals surface area contributed by atoms with Crippen molar-refractivity contribution in [1.82, 2.24) is 4.72 Å². The number of hydrogen-bond donors (Lipinski definition) is 1. The van der Waals surface area contributed by atoms with Crippen molar-refractivity contribution in [2.24, 2.45) is 5.41 Å². The molecule has 0 bridgehead atoms. The minimum Gasteiger partial charge on any atom is -0.211 e. The van der Waals surface area contributed by atoms with E-state index in [1.807, 2.05) is 0 Å². The first-order valence-corrected chi connectivity index (χ1v) is 7.69. The number of rotatable bonds is 5. The Morgan fingerprint density at radius 1 is 1.29 bits per heavy atom. The van der Waals surface area contributed by atoms with Gasteiger partial charge < -0.3 is 0 Å². The maximum atomic E-state index is 12.0. The molecule has 1 aliphatic rings. The van der Waals surface area contributed by atoms with Crippen molar-refractivity contribution in [3.63, 3.8) is 0 Å². The van der Waals surface area contributed by atoms with Gasteiger partial charge in [-0.25, -0.2) is 13.1 Å². The molecule has 1 N–H and O–H groups in total. The van der Waals surface area contributed by atoms with Gasteiger partial charge in [0.2, 0.25) is 10.0 Å². The first kappa shape index (κ1) is 13.1. The van der Waals surface area contributed by atoms with E-state index in [0.29, 0.717) is 12.4 Å². The second kappa shape index (κ2) is 4.76. The van der Waals surface area contributed by atoms with Crippen LogP contribution in [0.3, 0.4) is 0 Å². The molecule has 0 saturated heterocycles. The molecule has 0 spiro atoms. The molecule has 6 heteroatoms. The molecule has 1 saturated carbocycles. The van der Waals surface area contributed by atoms with Gasteiger partial charge >= 0.3 is 0 Å². The molecule has 1 aliphatic carbocycles. The van der Waals surface area contributed by atoms with Crippen LogP contribution < -0.4 is 4.72 Å². The summed E-state index contributed by atoms with van der Waals surface area (Å²) in [6, 6.07) is 6.40. The quantitative estimate of drug-likeness (QED) is 0.849. The maximum Gasteiger partial charge on any atom is 0.242 e. The Hall–Kier alpha value is -0.290. The van der Waals surface area contributed by atoms with Crippen LogP contribution in [0.15, 0.2) is 29.2 Å². The van der Waals surface area contributed by atoms with Gasteiger partial charge in [0.25, 0.3) is 0 Å². The molecule has 0 atom stereocenters. The molecule has 0 aromatic heterocycles. The van der Waals surface area contributed by atoms with E-state index in [1.54, 1.807) is 18.2 Å². The molecule has 2 rings (SSSR count). The predicted octanol–water partition coefficient (Wildman–Crippen LogP) is 2.64. The summed E-state index contributed by atoms with van der Waals surface area (Å²) in [5.74, 6) is 0.484. The van der Waals surface area contributed by atoms with Gasteiger partial charge in [0.15, 0.2) is 0 Å². The molecule has 0 unspecified atom stereocenters. The van der Waals surface area contributed by atoms with Crippen LogP contribution in [-0.4, -0.2) is 20.8 Å². The zero-order chi connectivity index (χ0) is 12.5. The summed E-state index contributed by atoms with van der Waals surface area (Å²) in [4.78, 5) is 0.118. The van der Waals surface area contributed by atoms with Crippen LogP contribution in [0.25, 0.3) is 0 Å². The normalized spacial score (nSPS) is 18.0. The van der Waals surface area contributed by atoms with E-state index in [-0.39, 0.29) is 15.3 Å². The van der Waals surface area contributed by atoms with Gasteiger partial charge in [-0.2, -0.15) is 0 Å². The molecule has 0 amide bonds. The van der Waals surface area contributed by atoms with Gasteiger partial charge in [0.1, 0.15) is 4.90 Å². The fourth-order valence-electron chi connectivity index (χ4n) is 1.52.